The summed E-state index contributed by atoms with van der Waals surface area (Å²) in [4.78, 5) is 27.8. The van der Waals surface area contributed by atoms with E-state index in [4.69, 9.17) is 11.6 Å². The number of hydrogen-bond donors (Lipinski definition) is 2. The molecule has 0 aliphatic heterocycles. The number of anilines is 2. The molecule has 2 N–H and O–H groups in total. The van der Waals surface area contributed by atoms with Gasteiger partial charge in [0.2, 0.25) is 11.8 Å². The first-order valence-electron chi connectivity index (χ1n) is 10.4. The molecule has 3 rings (SSSR count). The van der Waals surface area contributed by atoms with Gasteiger partial charge in [-0.2, -0.15) is 0 Å². The van der Waals surface area contributed by atoms with Gasteiger partial charge in [0.25, 0.3) is 0 Å². The van der Waals surface area contributed by atoms with E-state index < -0.39 is 6.04 Å². The van der Waals surface area contributed by atoms with Gasteiger partial charge in [0.05, 0.1) is 6.54 Å². The number of halogens is 1. The van der Waals surface area contributed by atoms with Crippen molar-refractivity contribution in [1.29, 1.82) is 0 Å². The number of likely N-dealkylation sites (N-methyl/N-ethyl adjacent to an activating group) is 1. The third-order valence-electron chi connectivity index (χ3n) is 5.38. The maximum absolute atomic E-state index is 13.3. The van der Waals surface area contributed by atoms with Gasteiger partial charge in [-0.3, -0.25) is 14.5 Å². The van der Waals surface area contributed by atoms with Crippen molar-refractivity contribution < 1.29 is 9.59 Å². The summed E-state index contributed by atoms with van der Waals surface area (Å²) in [5.74, 6) is -0.421. The smallest absolute Gasteiger partial charge is 0.246 e. The Hall–Kier alpha value is -3.15. The standard InChI is InChI=1S/C26H28ClN3O2/c1-17-13-14-21(15-22(17)27)28-26(32)25(20-11-6-5-7-12-20)30(4)16-23(31)29-24-18(2)9-8-10-19(24)3/h5-15,25H,16H2,1-4H3,(H,28,32)(H,29,31)/t25-/m1/s1. The van der Waals surface area contributed by atoms with Gasteiger partial charge in [0, 0.05) is 16.4 Å². The molecule has 0 saturated carbocycles. The topological polar surface area (TPSA) is 61.4 Å². The summed E-state index contributed by atoms with van der Waals surface area (Å²) in [6.45, 7) is 5.87. The number of amides is 2. The molecule has 0 unspecified atom stereocenters. The second kappa shape index (κ2) is 10.4. The number of rotatable bonds is 7. The van der Waals surface area contributed by atoms with Crippen LogP contribution in [0.3, 0.4) is 0 Å². The molecule has 5 nitrogen and oxygen atoms in total. The Bertz CT molecular complexity index is 1100. The molecule has 3 aromatic rings. The summed E-state index contributed by atoms with van der Waals surface area (Å²) in [6, 6.07) is 20.0. The molecule has 0 aliphatic rings. The third kappa shape index (κ3) is 5.75. The van der Waals surface area contributed by atoms with Gasteiger partial charge >= 0.3 is 0 Å². The summed E-state index contributed by atoms with van der Waals surface area (Å²) in [5, 5.41) is 6.51. The number of nitrogens with one attached hydrogen (secondary N) is 2. The van der Waals surface area contributed by atoms with Gasteiger partial charge in [-0.15, -0.1) is 0 Å². The predicted molar refractivity (Wildman–Crippen MR) is 131 cm³/mol. The van der Waals surface area contributed by atoms with Crippen LogP contribution in [0.5, 0.6) is 0 Å². The maximum atomic E-state index is 13.3. The Labute approximate surface area is 194 Å². The van der Waals surface area contributed by atoms with Crippen LogP contribution in [0.25, 0.3) is 0 Å². The molecule has 0 aliphatic carbocycles. The molecule has 0 fully saturated rings. The summed E-state index contributed by atoms with van der Waals surface area (Å²) in [6.07, 6.45) is 0. The Kier molecular flexibility index (Phi) is 7.67. The minimum absolute atomic E-state index is 0.0510. The quantitative estimate of drug-likeness (QED) is 0.499. The zero-order valence-corrected chi connectivity index (χ0v) is 19.5. The summed E-state index contributed by atoms with van der Waals surface area (Å²) in [7, 11) is 1.77. The van der Waals surface area contributed by atoms with E-state index in [1.165, 1.54) is 0 Å². The Morgan fingerprint density at radius 1 is 0.875 bits per heavy atom. The average molecular weight is 450 g/mol. The maximum Gasteiger partial charge on any atom is 0.246 e. The molecule has 1 atom stereocenters. The van der Waals surface area contributed by atoms with Crippen LogP contribution in [0.1, 0.15) is 28.3 Å². The van der Waals surface area contributed by atoms with E-state index >= 15 is 0 Å². The number of hydrogen-bond acceptors (Lipinski definition) is 3. The average Bonchev–Trinajstić information content (AvgIpc) is 2.74. The van der Waals surface area contributed by atoms with E-state index in [0.717, 1.165) is 27.9 Å². The Morgan fingerprint density at radius 3 is 2.16 bits per heavy atom. The van der Waals surface area contributed by atoms with Crippen molar-refractivity contribution in [3.8, 4) is 0 Å². The minimum Gasteiger partial charge on any atom is -0.324 e. The van der Waals surface area contributed by atoms with Crippen molar-refractivity contribution in [1.82, 2.24) is 4.90 Å². The fourth-order valence-electron chi connectivity index (χ4n) is 3.63. The number of aryl methyl sites for hydroxylation is 3. The Balaban J connectivity index is 1.79. The first-order chi connectivity index (χ1) is 15.3. The number of carbonyl (C=O) groups excluding carboxylic acids is 2. The fourth-order valence-corrected chi connectivity index (χ4v) is 3.81. The lowest BCUT2D eigenvalue weighted by Crippen LogP contribution is -2.39. The van der Waals surface area contributed by atoms with Crippen molar-refractivity contribution in [2.45, 2.75) is 26.8 Å². The molecule has 0 aromatic heterocycles. The van der Waals surface area contributed by atoms with Crippen LogP contribution in [-0.4, -0.2) is 30.3 Å². The summed E-state index contributed by atoms with van der Waals surface area (Å²) in [5.41, 5.74) is 5.14. The lowest BCUT2D eigenvalue weighted by molar-refractivity contribution is -0.123. The molecular formula is C26H28ClN3O2. The van der Waals surface area contributed by atoms with E-state index in [-0.39, 0.29) is 18.4 Å². The summed E-state index contributed by atoms with van der Waals surface area (Å²) >= 11 is 6.21. The zero-order valence-electron chi connectivity index (χ0n) is 18.8. The molecular weight excluding hydrogens is 422 g/mol. The van der Waals surface area contributed by atoms with Gasteiger partial charge in [0.15, 0.2) is 0 Å². The highest BCUT2D eigenvalue weighted by Gasteiger charge is 2.27. The number of nitrogens with zero attached hydrogens (tertiary/aromatic N) is 1. The fraction of sp³-hybridized carbons (Fsp3) is 0.231. The minimum atomic E-state index is -0.653. The van der Waals surface area contributed by atoms with Crippen molar-refractivity contribution in [3.63, 3.8) is 0 Å². The number of carbonyl (C=O) groups is 2. The van der Waals surface area contributed by atoms with Crippen molar-refractivity contribution in [3.05, 3.63) is 94.0 Å². The first-order valence-corrected chi connectivity index (χ1v) is 10.8. The molecule has 0 radical (unpaired) electrons. The molecule has 166 valence electrons. The Morgan fingerprint density at radius 2 is 1.53 bits per heavy atom. The van der Waals surface area contributed by atoms with Crippen LogP contribution in [0.2, 0.25) is 5.02 Å². The van der Waals surface area contributed by atoms with E-state index in [1.807, 2.05) is 81.4 Å². The molecule has 0 saturated heterocycles. The molecule has 3 aromatic carbocycles. The monoisotopic (exact) mass is 449 g/mol. The van der Waals surface area contributed by atoms with Crippen LogP contribution in [0.4, 0.5) is 11.4 Å². The van der Waals surface area contributed by atoms with E-state index in [0.29, 0.717) is 10.7 Å². The lowest BCUT2D eigenvalue weighted by Gasteiger charge is -2.27. The van der Waals surface area contributed by atoms with Gasteiger partial charge in [0.1, 0.15) is 6.04 Å². The molecule has 0 spiro atoms. The molecule has 2 amide bonds. The lowest BCUT2D eigenvalue weighted by atomic mass is 10.0. The van der Waals surface area contributed by atoms with Crippen molar-refractivity contribution in [2.75, 3.05) is 24.2 Å². The van der Waals surface area contributed by atoms with Crippen LogP contribution in [0.15, 0.2) is 66.7 Å². The first kappa shape index (κ1) is 23.5. The number of para-hydroxylation sites is 1. The zero-order chi connectivity index (χ0) is 23.3. The van der Waals surface area contributed by atoms with Gasteiger partial charge in [-0.1, -0.05) is 66.2 Å². The van der Waals surface area contributed by atoms with Crippen molar-refractivity contribution >= 4 is 34.8 Å². The van der Waals surface area contributed by atoms with Crippen LogP contribution in [-0.2, 0) is 9.59 Å². The van der Waals surface area contributed by atoms with Gasteiger partial charge in [-0.25, -0.2) is 0 Å². The van der Waals surface area contributed by atoms with Gasteiger partial charge < -0.3 is 10.6 Å². The largest absolute Gasteiger partial charge is 0.324 e. The molecule has 0 heterocycles. The van der Waals surface area contributed by atoms with Crippen LogP contribution >= 0.6 is 11.6 Å². The molecule has 32 heavy (non-hydrogen) atoms. The molecule has 0 bridgehead atoms. The van der Waals surface area contributed by atoms with Crippen LogP contribution < -0.4 is 10.6 Å². The summed E-state index contributed by atoms with van der Waals surface area (Å²) < 4.78 is 0. The van der Waals surface area contributed by atoms with E-state index in [2.05, 4.69) is 10.6 Å². The van der Waals surface area contributed by atoms with E-state index in [9.17, 15) is 9.59 Å². The molecule has 6 heteroatoms. The highest BCUT2D eigenvalue weighted by atomic mass is 35.5. The second-order valence-corrected chi connectivity index (χ2v) is 8.40. The highest BCUT2D eigenvalue weighted by Crippen LogP contribution is 2.25. The number of benzene rings is 3. The van der Waals surface area contributed by atoms with Crippen molar-refractivity contribution in [2.24, 2.45) is 0 Å². The highest BCUT2D eigenvalue weighted by molar-refractivity contribution is 6.31. The normalized spacial score (nSPS) is 11.8. The van der Waals surface area contributed by atoms with E-state index in [1.54, 1.807) is 18.0 Å². The SMILES string of the molecule is Cc1ccc(NC(=O)[C@@H](c2ccccc2)N(C)CC(=O)Nc2c(C)cccc2C)cc1Cl. The van der Waals surface area contributed by atoms with Crippen LogP contribution in [0, 0.1) is 20.8 Å². The van der Waals surface area contributed by atoms with Gasteiger partial charge in [-0.05, 0) is 62.2 Å². The second-order valence-electron chi connectivity index (χ2n) is 8.00. The predicted octanol–water partition coefficient (Wildman–Crippen LogP) is 5.52. The third-order valence-corrected chi connectivity index (χ3v) is 5.79.